The fourth-order valence-electron chi connectivity index (χ4n) is 1.43. The van der Waals surface area contributed by atoms with Gasteiger partial charge in [-0.05, 0) is 49.7 Å². The fraction of sp³-hybridized carbons (Fsp3) is 0.167. The molecule has 1 heterocycles. The maximum absolute atomic E-state index is 12.1. The molecule has 0 radical (unpaired) electrons. The first-order chi connectivity index (χ1) is 8.38. The van der Waals surface area contributed by atoms with Crippen LogP contribution in [-0.2, 0) is 10.0 Å². The minimum absolute atomic E-state index is 0.259. The molecule has 6 heteroatoms. The molecule has 96 valence electrons. The third-order valence-corrected chi connectivity index (χ3v) is 5.63. The van der Waals surface area contributed by atoms with Crippen molar-refractivity contribution in [3.8, 4) is 0 Å². The van der Waals surface area contributed by atoms with Crippen molar-refractivity contribution in [2.75, 3.05) is 4.72 Å². The monoisotopic (exact) mass is 345 g/mol. The Hall–Kier alpha value is -0.850. The van der Waals surface area contributed by atoms with Crippen molar-refractivity contribution in [2.45, 2.75) is 18.7 Å². The summed E-state index contributed by atoms with van der Waals surface area (Å²) >= 11 is 4.72. The van der Waals surface area contributed by atoms with Crippen LogP contribution >= 0.6 is 27.3 Å². The standard InChI is InChI=1S/C12H12BrNO2S2/c1-8-7-12(17-9(8)2)14-18(15,16)11-5-3-10(13)4-6-11/h3-7,14H,1-2H3. The molecular formula is C12H12BrNO2S2. The summed E-state index contributed by atoms with van der Waals surface area (Å²) in [6.07, 6.45) is 0. The molecule has 0 atom stereocenters. The van der Waals surface area contributed by atoms with E-state index in [1.54, 1.807) is 24.3 Å². The number of benzene rings is 1. The molecule has 1 aromatic carbocycles. The maximum Gasteiger partial charge on any atom is 0.262 e. The average Bonchev–Trinajstić information content (AvgIpc) is 2.57. The Balaban J connectivity index is 2.29. The Labute approximate surface area is 119 Å². The molecule has 18 heavy (non-hydrogen) atoms. The van der Waals surface area contributed by atoms with Crippen molar-refractivity contribution in [1.82, 2.24) is 0 Å². The number of anilines is 1. The van der Waals surface area contributed by atoms with Gasteiger partial charge in [0.1, 0.15) is 5.00 Å². The zero-order chi connectivity index (χ0) is 13.3. The predicted molar refractivity (Wildman–Crippen MR) is 78.7 cm³/mol. The lowest BCUT2D eigenvalue weighted by Gasteiger charge is -2.05. The minimum atomic E-state index is -3.49. The lowest BCUT2D eigenvalue weighted by Crippen LogP contribution is -2.11. The first-order valence-corrected chi connectivity index (χ1v) is 8.33. The number of sulfonamides is 1. The molecule has 2 aromatic rings. The second-order valence-electron chi connectivity index (χ2n) is 3.91. The first-order valence-electron chi connectivity index (χ1n) is 5.24. The van der Waals surface area contributed by atoms with Crippen LogP contribution in [0.15, 0.2) is 39.7 Å². The number of thiophene rings is 1. The zero-order valence-corrected chi connectivity index (χ0v) is 13.1. The van der Waals surface area contributed by atoms with Gasteiger partial charge in [-0.1, -0.05) is 15.9 Å². The van der Waals surface area contributed by atoms with Crippen LogP contribution in [0.25, 0.3) is 0 Å². The smallest absolute Gasteiger partial charge is 0.262 e. The lowest BCUT2D eigenvalue weighted by molar-refractivity contribution is 0.601. The van der Waals surface area contributed by atoms with E-state index in [9.17, 15) is 8.42 Å². The van der Waals surface area contributed by atoms with E-state index < -0.39 is 10.0 Å². The highest BCUT2D eigenvalue weighted by molar-refractivity contribution is 9.10. The van der Waals surface area contributed by atoms with E-state index in [0.717, 1.165) is 14.9 Å². The van der Waals surface area contributed by atoms with E-state index in [2.05, 4.69) is 20.7 Å². The zero-order valence-electron chi connectivity index (χ0n) is 9.90. The molecule has 0 saturated heterocycles. The maximum atomic E-state index is 12.1. The minimum Gasteiger partial charge on any atom is -0.270 e. The molecule has 0 saturated carbocycles. The van der Waals surface area contributed by atoms with Gasteiger partial charge in [-0.25, -0.2) is 8.42 Å². The number of rotatable bonds is 3. The van der Waals surface area contributed by atoms with Gasteiger partial charge in [0.05, 0.1) is 4.90 Å². The van der Waals surface area contributed by atoms with Crippen molar-refractivity contribution in [2.24, 2.45) is 0 Å². The molecule has 0 amide bonds. The van der Waals surface area contributed by atoms with E-state index in [-0.39, 0.29) is 4.90 Å². The van der Waals surface area contributed by atoms with Crippen molar-refractivity contribution in [3.63, 3.8) is 0 Å². The summed E-state index contributed by atoms with van der Waals surface area (Å²) in [4.78, 5) is 1.37. The van der Waals surface area contributed by atoms with Crippen molar-refractivity contribution in [3.05, 3.63) is 45.2 Å². The predicted octanol–water partition coefficient (Wildman–Crippen LogP) is 3.93. The van der Waals surface area contributed by atoms with Gasteiger partial charge in [0.25, 0.3) is 10.0 Å². The van der Waals surface area contributed by atoms with Gasteiger partial charge in [-0.15, -0.1) is 11.3 Å². The van der Waals surface area contributed by atoms with Gasteiger partial charge in [0.15, 0.2) is 0 Å². The number of aryl methyl sites for hydroxylation is 2. The van der Waals surface area contributed by atoms with Gasteiger partial charge in [-0.3, -0.25) is 4.72 Å². The third-order valence-electron chi connectivity index (χ3n) is 2.52. The Kier molecular flexibility index (Phi) is 3.79. The van der Waals surface area contributed by atoms with Gasteiger partial charge in [0.2, 0.25) is 0 Å². The summed E-state index contributed by atoms with van der Waals surface area (Å²) in [6.45, 7) is 3.93. The highest BCUT2D eigenvalue weighted by atomic mass is 79.9. The van der Waals surface area contributed by atoms with Crippen LogP contribution in [0.5, 0.6) is 0 Å². The Morgan fingerprint density at radius 1 is 1.17 bits per heavy atom. The van der Waals surface area contributed by atoms with E-state index in [0.29, 0.717) is 5.00 Å². The summed E-state index contributed by atoms with van der Waals surface area (Å²) in [5, 5.41) is 0.646. The quantitative estimate of drug-likeness (QED) is 0.915. The van der Waals surface area contributed by atoms with Gasteiger partial charge in [0, 0.05) is 9.35 Å². The van der Waals surface area contributed by atoms with Crippen LogP contribution in [0.1, 0.15) is 10.4 Å². The molecule has 1 aromatic heterocycles. The summed E-state index contributed by atoms with van der Waals surface area (Å²) in [5.74, 6) is 0. The second kappa shape index (κ2) is 5.03. The first kappa shape index (κ1) is 13.6. The van der Waals surface area contributed by atoms with Gasteiger partial charge in [-0.2, -0.15) is 0 Å². The summed E-state index contributed by atoms with van der Waals surface area (Å²) in [7, 11) is -3.49. The van der Waals surface area contributed by atoms with Crippen LogP contribution in [0.2, 0.25) is 0 Å². The lowest BCUT2D eigenvalue weighted by atomic mass is 10.3. The van der Waals surface area contributed by atoms with Crippen LogP contribution in [0.4, 0.5) is 5.00 Å². The Morgan fingerprint density at radius 3 is 2.28 bits per heavy atom. The molecule has 0 aliphatic heterocycles. The van der Waals surface area contributed by atoms with E-state index >= 15 is 0 Å². The number of hydrogen-bond acceptors (Lipinski definition) is 3. The topological polar surface area (TPSA) is 46.2 Å². The third kappa shape index (κ3) is 2.93. The van der Waals surface area contributed by atoms with Crippen molar-refractivity contribution in [1.29, 1.82) is 0 Å². The summed E-state index contributed by atoms with van der Waals surface area (Å²) < 4.78 is 27.7. The van der Waals surface area contributed by atoms with Crippen LogP contribution in [0, 0.1) is 13.8 Å². The molecule has 0 aliphatic carbocycles. The molecule has 0 spiro atoms. The molecule has 0 aliphatic rings. The highest BCUT2D eigenvalue weighted by Gasteiger charge is 2.15. The molecular weight excluding hydrogens is 334 g/mol. The summed E-state index contributed by atoms with van der Waals surface area (Å²) in [5.41, 5.74) is 1.09. The average molecular weight is 346 g/mol. The van der Waals surface area contributed by atoms with E-state index in [1.165, 1.54) is 11.3 Å². The van der Waals surface area contributed by atoms with E-state index in [1.807, 2.05) is 19.9 Å². The largest absolute Gasteiger partial charge is 0.270 e. The Morgan fingerprint density at radius 2 is 1.78 bits per heavy atom. The molecule has 0 fully saturated rings. The normalized spacial score (nSPS) is 11.5. The number of nitrogens with one attached hydrogen (secondary N) is 1. The van der Waals surface area contributed by atoms with Crippen molar-refractivity contribution < 1.29 is 8.42 Å². The van der Waals surface area contributed by atoms with Crippen molar-refractivity contribution >= 4 is 42.3 Å². The molecule has 0 unspecified atom stereocenters. The van der Waals surface area contributed by atoms with Crippen LogP contribution < -0.4 is 4.72 Å². The molecule has 3 nitrogen and oxygen atoms in total. The Bertz CT molecular complexity index is 640. The highest BCUT2D eigenvalue weighted by Crippen LogP contribution is 2.28. The molecule has 2 rings (SSSR count). The van der Waals surface area contributed by atoms with Gasteiger partial charge >= 0.3 is 0 Å². The summed E-state index contributed by atoms with van der Waals surface area (Å²) in [6, 6.07) is 8.40. The molecule has 0 bridgehead atoms. The van der Waals surface area contributed by atoms with Crippen LogP contribution in [0.3, 0.4) is 0 Å². The fourth-order valence-corrected chi connectivity index (χ4v) is 3.91. The SMILES string of the molecule is Cc1cc(NS(=O)(=O)c2ccc(Br)cc2)sc1C. The van der Waals surface area contributed by atoms with Gasteiger partial charge < -0.3 is 0 Å². The second-order valence-corrected chi connectivity index (χ2v) is 7.76. The number of halogens is 1. The van der Waals surface area contributed by atoms with Crippen LogP contribution in [-0.4, -0.2) is 8.42 Å². The molecule has 1 N–H and O–H groups in total. The van der Waals surface area contributed by atoms with E-state index in [4.69, 9.17) is 0 Å². The number of hydrogen-bond donors (Lipinski definition) is 1.